The third-order valence-electron chi connectivity index (χ3n) is 15.3. The van der Waals surface area contributed by atoms with Crippen LogP contribution in [0.15, 0.2) is 147 Å². The number of amides is 4. The number of aryl methyl sites for hydroxylation is 4. The number of urea groups is 2. The smallest absolute Gasteiger partial charge is 0.321 e. The number of benzene rings is 6. The van der Waals surface area contributed by atoms with Gasteiger partial charge in [-0.2, -0.15) is 0 Å². The standard InChI is InChI=1S/C31H37N3O.C29H33N3O.C4H6/c1-6-32-31(35)33-23-17-28-26(24-9-7-19(2)15-21(24)4)11-13-34-14-12-27(29(18-23)30(28)34)25-10-8-20(3)16-22(25)5;1-3-31(4-2)29(33)30-23-19-26-24(21-11-7-5-8-12-21)15-17-32-18-16-25(27(20-23)28(26)32)22-13-9-6-10-14-22;1-3-4-2/h7-10,15-18,26-27H,6,11-14H2,1-5H3,(H2,32,33,35);5-14,19-20,24-25H,3-4,15-18H2,1-2H3,(H,30,33);3-4H,1-2H2. The number of rotatable bonds is 10. The Hall–Kier alpha value is -7.06. The van der Waals surface area contributed by atoms with Crippen molar-refractivity contribution in [3.8, 4) is 0 Å². The van der Waals surface area contributed by atoms with Gasteiger partial charge in [-0.25, -0.2) is 9.59 Å². The Kier molecular flexibility index (Phi) is 16.7. The van der Waals surface area contributed by atoms with Crippen LogP contribution in [0.25, 0.3) is 0 Å². The molecule has 4 atom stereocenters. The molecule has 72 heavy (non-hydrogen) atoms. The topological polar surface area (TPSA) is 80.0 Å². The molecule has 4 aliphatic heterocycles. The molecule has 3 N–H and O–H groups in total. The molecule has 6 aromatic carbocycles. The first-order valence-electron chi connectivity index (χ1n) is 26.4. The summed E-state index contributed by atoms with van der Waals surface area (Å²) in [5, 5.41) is 9.24. The number of nitrogens with zero attached hydrogens (tertiary/aromatic N) is 3. The average Bonchev–Trinajstić information content (AvgIpc) is 3.38. The van der Waals surface area contributed by atoms with Gasteiger partial charge in [-0.1, -0.05) is 133 Å². The fourth-order valence-electron chi connectivity index (χ4n) is 11.9. The maximum atomic E-state index is 12.9. The van der Waals surface area contributed by atoms with E-state index >= 15 is 0 Å². The molecule has 0 saturated heterocycles. The molecule has 8 heteroatoms. The summed E-state index contributed by atoms with van der Waals surface area (Å²) in [6.07, 6.45) is 7.66. The Morgan fingerprint density at radius 2 is 0.917 bits per heavy atom. The molecule has 8 nitrogen and oxygen atoms in total. The third kappa shape index (κ3) is 11.2. The van der Waals surface area contributed by atoms with Crippen molar-refractivity contribution >= 4 is 34.8 Å². The van der Waals surface area contributed by atoms with Crippen LogP contribution in [-0.2, 0) is 0 Å². The van der Waals surface area contributed by atoms with E-state index in [1.165, 1.54) is 78.1 Å². The van der Waals surface area contributed by atoms with Gasteiger partial charge in [0.25, 0.3) is 0 Å². The molecule has 0 radical (unpaired) electrons. The van der Waals surface area contributed by atoms with Gasteiger partial charge >= 0.3 is 12.1 Å². The van der Waals surface area contributed by atoms with Gasteiger partial charge in [0, 0.05) is 92.2 Å². The molecule has 0 spiro atoms. The molecule has 0 bridgehead atoms. The van der Waals surface area contributed by atoms with Crippen LogP contribution >= 0.6 is 0 Å². The zero-order valence-corrected chi connectivity index (χ0v) is 43.9. The highest BCUT2D eigenvalue weighted by Crippen LogP contribution is 2.52. The summed E-state index contributed by atoms with van der Waals surface area (Å²) in [5.41, 5.74) is 20.8. The van der Waals surface area contributed by atoms with Gasteiger partial charge in [0.1, 0.15) is 0 Å². The summed E-state index contributed by atoms with van der Waals surface area (Å²) in [4.78, 5) is 32.4. The Bertz CT molecular complexity index is 2710. The Morgan fingerprint density at radius 1 is 0.528 bits per heavy atom. The molecule has 0 saturated carbocycles. The van der Waals surface area contributed by atoms with Gasteiger partial charge in [0.15, 0.2) is 0 Å². The summed E-state index contributed by atoms with van der Waals surface area (Å²) >= 11 is 0. The summed E-state index contributed by atoms with van der Waals surface area (Å²) < 4.78 is 0. The maximum absolute atomic E-state index is 12.9. The van der Waals surface area contributed by atoms with Crippen LogP contribution in [0.5, 0.6) is 0 Å². The molecule has 10 rings (SSSR count). The van der Waals surface area contributed by atoms with Crippen molar-refractivity contribution in [1.29, 1.82) is 0 Å². The molecular formula is C64H76N6O2. The van der Waals surface area contributed by atoms with Crippen LogP contribution in [0.3, 0.4) is 0 Å². The quantitative estimate of drug-likeness (QED) is 0.120. The minimum absolute atomic E-state index is 0.0249. The molecular weight excluding hydrogens is 885 g/mol. The lowest BCUT2D eigenvalue weighted by molar-refractivity contribution is 0.217. The highest BCUT2D eigenvalue weighted by atomic mass is 16.2. The van der Waals surface area contributed by atoms with Crippen molar-refractivity contribution in [2.45, 2.75) is 97.8 Å². The fourth-order valence-corrected chi connectivity index (χ4v) is 11.9. The molecule has 4 heterocycles. The SMILES string of the molecule is C=CC=C.CCN(CC)C(=O)Nc1cc2c3c(c1)C(c1ccccc1)CCN3CCC2c1ccccc1.CCNC(=O)Nc1cc2c3c(c1)C(c1ccc(C)cc1C)CCN3CCC2c1ccc(C)cc1C. The number of hydrogen-bond donors (Lipinski definition) is 3. The lowest BCUT2D eigenvalue weighted by Gasteiger charge is -2.44. The average molecular weight is 961 g/mol. The van der Waals surface area contributed by atoms with Crippen molar-refractivity contribution in [1.82, 2.24) is 10.2 Å². The number of nitrogens with one attached hydrogen (secondary N) is 3. The first kappa shape index (κ1) is 51.3. The largest absolute Gasteiger partial charge is 0.371 e. The lowest BCUT2D eigenvalue weighted by Crippen LogP contribution is -2.38. The molecule has 4 amide bonds. The van der Waals surface area contributed by atoms with Crippen LogP contribution < -0.4 is 25.8 Å². The zero-order chi connectivity index (χ0) is 50.9. The van der Waals surface area contributed by atoms with Crippen molar-refractivity contribution in [2.75, 3.05) is 66.2 Å². The molecule has 0 aromatic heterocycles. The molecule has 0 fully saturated rings. The van der Waals surface area contributed by atoms with Gasteiger partial charge in [-0.05, 0) is 154 Å². The highest BCUT2D eigenvalue weighted by molar-refractivity contribution is 5.91. The van der Waals surface area contributed by atoms with E-state index in [0.717, 1.165) is 63.2 Å². The number of carbonyl (C=O) groups is 2. The van der Waals surface area contributed by atoms with E-state index in [2.05, 4.69) is 188 Å². The second-order valence-corrected chi connectivity index (χ2v) is 19.9. The normalized spacial score (nSPS) is 18.1. The number of allylic oxidation sites excluding steroid dienone is 2. The van der Waals surface area contributed by atoms with E-state index in [1.54, 1.807) is 12.2 Å². The van der Waals surface area contributed by atoms with E-state index in [-0.39, 0.29) is 12.1 Å². The van der Waals surface area contributed by atoms with E-state index in [1.807, 2.05) is 25.7 Å². The van der Waals surface area contributed by atoms with E-state index < -0.39 is 0 Å². The minimum Gasteiger partial charge on any atom is -0.371 e. The predicted octanol–water partition coefficient (Wildman–Crippen LogP) is 14.7. The van der Waals surface area contributed by atoms with E-state index in [9.17, 15) is 9.59 Å². The van der Waals surface area contributed by atoms with Crippen molar-refractivity contribution in [2.24, 2.45) is 0 Å². The Balaban J connectivity index is 0.000000180. The van der Waals surface area contributed by atoms with Crippen molar-refractivity contribution < 1.29 is 9.59 Å². The zero-order valence-electron chi connectivity index (χ0n) is 43.9. The van der Waals surface area contributed by atoms with Gasteiger partial charge in [0.05, 0.1) is 0 Å². The van der Waals surface area contributed by atoms with Crippen LogP contribution in [0.1, 0.15) is 137 Å². The van der Waals surface area contributed by atoms with Gasteiger partial charge in [-0.15, -0.1) is 0 Å². The highest BCUT2D eigenvalue weighted by Gasteiger charge is 2.37. The summed E-state index contributed by atoms with van der Waals surface area (Å²) in [6.45, 7) is 27.8. The molecule has 4 unspecified atom stereocenters. The van der Waals surface area contributed by atoms with Crippen LogP contribution in [0.2, 0.25) is 0 Å². The Labute approximate surface area is 430 Å². The van der Waals surface area contributed by atoms with Gasteiger partial charge in [0.2, 0.25) is 0 Å². The summed E-state index contributed by atoms with van der Waals surface area (Å²) in [6, 6.07) is 44.1. The fraction of sp³-hybridized carbons (Fsp3) is 0.344. The Morgan fingerprint density at radius 3 is 1.29 bits per heavy atom. The second kappa shape index (κ2) is 23.4. The van der Waals surface area contributed by atoms with Crippen LogP contribution in [0, 0.1) is 27.7 Å². The number of hydrogen-bond acceptors (Lipinski definition) is 4. The first-order chi connectivity index (χ1) is 35.0. The summed E-state index contributed by atoms with van der Waals surface area (Å²) in [5.74, 6) is 1.34. The third-order valence-corrected chi connectivity index (χ3v) is 15.3. The van der Waals surface area contributed by atoms with E-state index in [4.69, 9.17) is 0 Å². The number of anilines is 4. The second-order valence-electron chi connectivity index (χ2n) is 19.9. The van der Waals surface area contributed by atoms with Gasteiger partial charge < -0.3 is 30.7 Å². The molecule has 4 aliphatic rings. The minimum atomic E-state index is -0.144. The molecule has 0 aliphatic carbocycles. The van der Waals surface area contributed by atoms with E-state index in [0.29, 0.717) is 43.3 Å². The molecule has 6 aromatic rings. The molecule has 374 valence electrons. The van der Waals surface area contributed by atoms with Crippen molar-refractivity contribution in [3.63, 3.8) is 0 Å². The van der Waals surface area contributed by atoms with Crippen LogP contribution in [-0.4, -0.2) is 62.8 Å². The predicted molar refractivity (Wildman–Crippen MR) is 303 cm³/mol. The lowest BCUT2D eigenvalue weighted by atomic mass is 9.75. The van der Waals surface area contributed by atoms with Crippen molar-refractivity contribution in [3.05, 3.63) is 213 Å². The first-order valence-corrected chi connectivity index (χ1v) is 26.4. The summed E-state index contributed by atoms with van der Waals surface area (Å²) in [7, 11) is 0. The monoisotopic (exact) mass is 961 g/mol. The number of carbonyl (C=O) groups excluding carboxylic acids is 2. The van der Waals surface area contributed by atoms with Gasteiger partial charge in [-0.3, -0.25) is 0 Å². The van der Waals surface area contributed by atoms with Crippen LogP contribution in [0.4, 0.5) is 32.3 Å². The maximum Gasteiger partial charge on any atom is 0.321 e.